The Morgan fingerprint density at radius 1 is 1.27 bits per heavy atom. The van der Waals surface area contributed by atoms with Crippen LogP contribution < -0.4 is 5.56 Å². The number of nitrogens with one attached hydrogen (secondary N) is 1. The van der Waals surface area contributed by atoms with E-state index in [9.17, 15) is 9.59 Å². The van der Waals surface area contributed by atoms with Gasteiger partial charge < -0.3 is 9.30 Å². The smallest absolute Gasteiger partial charge is 0.341 e. The summed E-state index contributed by atoms with van der Waals surface area (Å²) in [5.74, 6) is 3.55. The molecule has 5 rings (SSSR count). The average molecular weight is 355 g/mol. The Bertz CT molecular complexity index is 885. The number of hydrogen-bond donors (Lipinski definition) is 1. The molecule has 2 aliphatic heterocycles. The van der Waals surface area contributed by atoms with Crippen LogP contribution in [0.4, 0.5) is 0 Å². The van der Waals surface area contributed by atoms with Gasteiger partial charge in [-0.05, 0) is 68.6 Å². The lowest BCUT2D eigenvalue weighted by atomic mass is 9.62. The molecule has 6 nitrogen and oxygen atoms in total. The van der Waals surface area contributed by atoms with Crippen LogP contribution in [0.5, 0.6) is 0 Å². The lowest BCUT2D eigenvalue weighted by Gasteiger charge is -2.46. The SMILES string of the molecule is COC(=O)c1cn([C@H](C)[C@@H]2[C@H]3CC[C@H]4C[C@@H](C3)C[C@H]42)cc2c(=O)[nH]nc1-2. The Morgan fingerprint density at radius 2 is 2.04 bits per heavy atom. The van der Waals surface area contributed by atoms with E-state index in [4.69, 9.17) is 4.74 Å². The summed E-state index contributed by atoms with van der Waals surface area (Å²) in [5, 5.41) is 6.49. The van der Waals surface area contributed by atoms with Gasteiger partial charge >= 0.3 is 5.97 Å². The Morgan fingerprint density at radius 3 is 2.85 bits per heavy atom. The van der Waals surface area contributed by atoms with E-state index in [0.717, 1.165) is 23.7 Å². The summed E-state index contributed by atoms with van der Waals surface area (Å²) in [5.41, 5.74) is 0.972. The molecule has 138 valence electrons. The molecule has 0 spiro atoms. The minimum Gasteiger partial charge on any atom is -0.465 e. The van der Waals surface area contributed by atoms with Crippen LogP contribution in [0.3, 0.4) is 0 Å². The summed E-state index contributed by atoms with van der Waals surface area (Å²) in [7, 11) is 1.36. The standard InChI is InChI=1S/C20H25N3O3/c1-10(17-13-4-3-12-5-11(6-13)7-14(12)17)23-8-15-18(21-22-19(15)24)16(9-23)20(25)26-2/h8-14,17H,3-7H2,1-2H3,(H,22,24)/t10-,11+,12+,13+,14-,17-/m1/s1. The summed E-state index contributed by atoms with van der Waals surface area (Å²) in [6, 6.07) is 0.258. The van der Waals surface area contributed by atoms with Crippen molar-refractivity contribution < 1.29 is 9.53 Å². The van der Waals surface area contributed by atoms with Crippen LogP contribution in [0.2, 0.25) is 0 Å². The molecule has 6 atom stereocenters. The number of ether oxygens (including phenoxy) is 1. The van der Waals surface area contributed by atoms with Crippen LogP contribution in [0.25, 0.3) is 11.3 Å². The molecule has 0 radical (unpaired) electrons. The number of aromatic nitrogens is 3. The Balaban J connectivity index is 1.58. The van der Waals surface area contributed by atoms with Gasteiger partial charge in [-0.2, -0.15) is 5.10 Å². The minimum atomic E-state index is -0.450. The Kier molecular flexibility index (Phi) is 3.52. The zero-order chi connectivity index (χ0) is 18.0. The molecule has 3 aliphatic carbocycles. The molecule has 1 N–H and O–H groups in total. The highest BCUT2D eigenvalue weighted by Gasteiger charge is 2.51. The lowest BCUT2D eigenvalue weighted by molar-refractivity contribution is 0.0449. The van der Waals surface area contributed by atoms with Crippen molar-refractivity contribution >= 4 is 5.97 Å². The largest absolute Gasteiger partial charge is 0.465 e. The molecule has 0 amide bonds. The summed E-state index contributed by atoms with van der Waals surface area (Å²) in [6.07, 6.45) is 10.5. The van der Waals surface area contributed by atoms with E-state index in [1.165, 1.54) is 39.2 Å². The van der Waals surface area contributed by atoms with Crippen LogP contribution in [-0.2, 0) is 4.74 Å². The number of rotatable bonds is 3. The highest BCUT2D eigenvalue weighted by Crippen LogP contribution is 2.60. The molecule has 6 heteroatoms. The minimum absolute atomic E-state index is 0.252. The summed E-state index contributed by atoms with van der Waals surface area (Å²) in [4.78, 5) is 24.4. The number of carbonyl (C=O) groups excluding carboxylic acids is 1. The van der Waals surface area contributed by atoms with Crippen molar-refractivity contribution in [1.29, 1.82) is 0 Å². The topological polar surface area (TPSA) is 77.0 Å². The number of aromatic amines is 1. The first-order valence-corrected chi connectivity index (χ1v) is 9.75. The number of methoxy groups -OCH3 is 1. The second-order valence-electron chi connectivity index (χ2n) is 8.58. The van der Waals surface area contributed by atoms with Crippen molar-refractivity contribution in [3.8, 4) is 11.3 Å². The van der Waals surface area contributed by atoms with Crippen LogP contribution >= 0.6 is 0 Å². The van der Waals surface area contributed by atoms with Gasteiger partial charge in [0.15, 0.2) is 0 Å². The zero-order valence-electron chi connectivity index (χ0n) is 15.3. The van der Waals surface area contributed by atoms with Gasteiger partial charge in [-0.25, -0.2) is 9.89 Å². The molecule has 0 aromatic heterocycles. The van der Waals surface area contributed by atoms with E-state index >= 15 is 0 Å². The van der Waals surface area contributed by atoms with Crippen molar-refractivity contribution in [2.75, 3.05) is 7.11 Å². The van der Waals surface area contributed by atoms with Crippen LogP contribution in [0, 0.1) is 29.6 Å². The molecule has 5 aliphatic rings. The summed E-state index contributed by atoms with van der Waals surface area (Å²) >= 11 is 0. The van der Waals surface area contributed by atoms with Gasteiger partial charge in [0.1, 0.15) is 11.3 Å². The van der Waals surface area contributed by atoms with E-state index in [2.05, 4.69) is 21.7 Å². The summed E-state index contributed by atoms with van der Waals surface area (Å²) in [6.45, 7) is 2.25. The number of pyridine rings is 1. The fourth-order valence-corrected chi connectivity index (χ4v) is 6.45. The lowest BCUT2D eigenvalue weighted by Crippen LogP contribution is -2.39. The molecule has 26 heavy (non-hydrogen) atoms. The van der Waals surface area contributed by atoms with Crippen molar-refractivity contribution in [2.45, 2.75) is 45.1 Å². The van der Waals surface area contributed by atoms with Gasteiger partial charge in [0, 0.05) is 18.4 Å². The maximum Gasteiger partial charge on any atom is 0.341 e. The number of nitrogens with zero attached hydrogens (tertiary/aromatic N) is 2. The summed E-state index contributed by atoms with van der Waals surface area (Å²) < 4.78 is 7.00. The van der Waals surface area contributed by atoms with Crippen LogP contribution in [0.1, 0.15) is 55.4 Å². The van der Waals surface area contributed by atoms with Crippen molar-refractivity contribution in [3.05, 3.63) is 28.3 Å². The molecule has 2 heterocycles. The van der Waals surface area contributed by atoms with Gasteiger partial charge in [-0.15, -0.1) is 0 Å². The molecule has 0 aromatic carbocycles. The quantitative estimate of drug-likeness (QED) is 0.858. The maximum absolute atomic E-state index is 12.3. The third-order valence-electron chi connectivity index (χ3n) is 7.44. The number of esters is 1. The second kappa shape index (κ2) is 5.69. The predicted octanol–water partition coefficient (Wildman–Crippen LogP) is 3.10. The highest BCUT2D eigenvalue weighted by molar-refractivity contribution is 5.95. The molecule has 0 saturated heterocycles. The number of carbonyl (C=O) groups is 1. The first-order valence-electron chi connectivity index (χ1n) is 9.75. The van der Waals surface area contributed by atoms with Crippen LogP contribution in [0.15, 0.2) is 17.2 Å². The highest BCUT2D eigenvalue weighted by atomic mass is 16.5. The molecule has 3 saturated carbocycles. The van der Waals surface area contributed by atoms with Crippen molar-refractivity contribution in [2.24, 2.45) is 29.6 Å². The van der Waals surface area contributed by atoms with Crippen LogP contribution in [-0.4, -0.2) is 27.8 Å². The molecule has 0 unspecified atom stereocenters. The number of fused-ring (bicyclic) bond motifs is 3. The van der Waals surface area contributed by atoms with Crippen molar-refractivity contribution in [3.63, 3.8) is 0 Å². The third kappa shape index (κ3) is 2.20. The van der Waals surface area contributed by atoms with E-state index in [0.29, 0.717) is 22.7 Å². The van der Waals surface area contributed by atoms with E-state index in [1.54, 1.807) is 0 Å². The van der Waals surface area contributed by atoms with Gasteiger partial charge in [0.05, 0.1) is 12.7 Å². The fourth-order valence-electron chi connectivity index (χ4n) is 6.45. The number of H-pyrrole nitrogens is 1. The normalized spacial score (nSPS) is 33.5. The Labute approximate surface area is 152 Å². The van der Waals surface area contributed by atoms with Gasteiger partial charge in [0.25, 0.3) is 5.56 Å². The van der Waals surface area contributed by atoms with Gasteiger partial charge in [-0.3, -0.25) is 4.79 Å². The first kappa shape index (κ1) is 16.1. The predicted molar refractivity (Wildman–Crippen MR) is 96.1 cm³/mol. The molecular weight excluding hydrogens is 330 g/mol. The molecule has 3 fully saturated rings. The monoisotopic (exact) mass is 355 g/mol. The van der Waals surface area contributed by atoms with E-state index in [1.807, 2.05) is 12.4 Å². The van der Waals surface area contributed by atoms with Gasteiger partial charge in [-0.1, -0.05) is 0 Å². The second-order valence-corrected chi connectivity index (χ2v) is 8.58. The number of hydrogen-bond acceptors (Lipinski definition) is 4. The first-order chi connectivity index (χ1) is 12.6. The Hall–Kier alpha value is -2.11. The molecule has 3 bridgehead atoms. The fraction of sp³-hybridized carbons (Fsp3) is 0.650. The average Bonchev–Trinajstić information content (AvgIpc) is 3.12. The van der Waals surface area contributed by atoms with Crippen molar-refractivity contribution in [1.82, 2.24) is 14.8 Å². The maximum atomic E-state index is 12.3. The molecular formula is C20H25N3O3. The van der Waals surface area contributed by atoms with E-state index in [-0.39, 0.29) is 11.6 Å². The molecule has 0 aromatic rings. The van der Waals surface area contributed by atoms with E-state index < -0.39 is 5.97 Å². The zero-order valence-corrected chi connectivity index (χ0v) is 15.3. The third-order valence-corrected chi connectivity index (χ3v) is 7.44. The van der Waals surface area contributed by atoms with Gasteiger partial charge in [0.2, 0.25) is 0 Å².